The number of benzene rings is 2. The summed E-state index contributed by atoms with van der Waals surface area (Å²) in [5.41, 5.74) is 4.69. The van der Waals surface area contributed by atoms with E-state index in [1.807, 2.05) is 58.2 Å². The van der Waals surface area contributed by atoms with Gasteiger partial charge >= 0.3 is 0 Å². The maximum absolute atomic E-state index is 6.22. The minimum Gasteiger partial charge on any atom is -0.258 e. The third-order valence-corrected chi connectivity index (χ3v) is 5.42. The molecule has 0 aliphatic rings. The second-order valence-corrected chi connectivity index (χ2v) is 7.21. The fourth-order valence-corrected chi connectivity index (χ4v) is 3.84. The van der Waals surface area contributed by atoms with Crippen LogP contribution in [0.3, 0.4) is 0 Å². The van der Waals surface area contributed by atoms with Gasteiger partial charge in [0.1, 0.15) is 5.52 Å². The summed E-state index contributed by atoms with van der Waals surface area (Å²) in [4.78, 5) is 9.08. The number of hydrogen-bond acceptors (Lipinski definition) is 2. The van der Waals surface area contributed by atoms with Crippen molar-refractivity contribution in [3.8, 4) is 22.6 Å². The van der Waals surface area contributed by atoms with Gasteiger partial charge in [-0.2, -0.15) is 0 Å². The van der Waals surface area contributed by atoms with Gasteiger partial charge in [0.05, 0.1) is 32.4 Å². The molecule has 0 aliphatic heterocycles. The van der Waals surface area contributed by atoms with Gasteiger partial charge in [0.2, 0.25) is 0 Å². The second kappa shape index (κ2) is 6.31. The molecule has 2 heterocycles. The van der Waals surface area contributed by atoms with E-state index in [1.54, 1.807) is 6.20 Å². The van der Waals surface area contributed by atoms with Gasteiger partial charge < -0.3 is 0 Å². The summed E-state index contributed by atoms with van der Waals surface area (Å²) >= 11 is 13.4. The van der Waals surface area contributed by atoms with Crippen LogP contribution in [0.4, 0.5) is 0 Å². The third-order valence-electron chi connectivity index (χ3n) is 3.76. The Balaban J connectivity index is 1.80. The fourth-order valence-electron chi connectivity index (χ4n) is 2.59. The van der Waals surface area contributed by atoms with Gasteiger partial charge in [-0.1, -0.05) is 41.9 Å². The van der Waals surface area contributed by atoms with E-state index in [1.165, 1.54) is 0 Å². The van der Waals surface area contributed by atoms with Gasteiger partial charge in [0.15, 0.2) is 5.82 Å². The summed E-state index contributed by atoms with van der Waals surface area (Å²) in [6.45, 7) is 0. The molecule has 24 heavy (non-hydrogen) atoms. The van der Waals surface area contributed by atoms with E-state index in [0.717, 1.165) is 38.2 Å². The van der Waals surface area contributed by atoms with Crippen molar-refractivity contribution in [1.82, 2.24) is 13.6 Å². The molecule has 3 nitrogen and oxygen atoms in total. The predicted molar refractivity (Wildman–Crippen MR) is 105 cm³/mol. The Labute approximate surface area is 160 Å². The highest BCUT2D eigenvalue weighted by Gasteiger charge is 2.13. The number of halogens is 3. The van der Waals surface area contributed by atoms with Crippen LogP contribution in [0, 0.1) is 0 Å². The summed E-state index contributed by atoms with van der Waals surface area (Å²) in [6.07, 6.45) is 1.74. The van der Waals surface area contributed by atoms with Gasteiger partial charge in [-0.25, -0.2) is 4.98 Å². The van der Waals surface area contributed by atoms with Crippen molar-refractivity contribution in [3.63, 3.8) is 0 Å². The average Bonchev–Trinajstić information content (AvgIpc) is 2.94. The monoisotopic (exact) mass is 461 g/mol. The normalized spacial score (nSPS) is 11.1. The van der Waals surface area contributed by atoms with Crippen molar-refractivity contribution < 1.29 is 0 Å². The van der Waals surface area contributed by atoms with Crippen molar-refractivity contribution in [2.45, 2.75) is 0 Å². The lowest BCUT2D eigenvalue weighted by Crippen LogP contribution is -1.88. The molecule has 0 saturated carbocycles. The second-order valence-electron chi connectivity index (χ2n) is 5.23. The molecule has 0 spiro atoms. The van der Waals surface area contributed by atoms with Crippen LogP contribution >= 0.6 is 43.7 Å². The first-order chi connectivity index (χ1) is 11.6. The molecule has 4 aromatic rings. The Morgan fingerprint density at radius 3 is 2.38 bits per heavy atom. The van der Waals surface area contributed by atoms with Crippen LogP contribution in [0.25, 0.3) is 33.7 Å². The third kappa shape index (κ3) is 2.66. The van der Waals surface area contributed by atoms with Crippen molar-refractivity contribution in [3.05, 3.63) is 70.3 Å². The van der Waals surface area contributed by atoms with Crippen LogP contribution in [0.5, 0.6) is 0 Å². The summed E-state index contributed by atoms with van der Waals surface area (Å²) in [5, 5.41) is 0.641. The molecule has 118 valence electrons. The van der Waals surface area contributed by atoms with E-state index in [-0.39, 0.29) is 0 Å². The number of para-hydroxylation sites is 1. The first kappa shape index (κ1) is 15.8. The zero-order valence-corrected chi connectivity index (χ0v) is 16.2. The maximum Gasteiger partial charge on any atom is 0.151 e. The van der Waals surface area contributed by atoms with Gasteiger partial charge in [-0.15, -0.1) is 0 Å². The summed E-state index contributed by atoms with van der Waals surface area (Å²) in [7, 11) is 0. The molecule has 0 fully saturated rings. The van der Waals surface area contributed by atoms with Crippen LogP contribution in [-0.2, 0) is 0 Å². The Morgan fingerprint density at radius 2 is 1.67 bits per heavy atom. The van der Waals surface area contributed by atoms with Crippen LogP contribution in [-0.4, -0.2) is 13.6 Å². The van der Waals surface area contributed by atoms with Crippen LogP contribution < -0.4 is 0 Å². The van der Waals surface area contributed by atoms with Crippen LogP contribution in [0.1, 0.15) is 0 Å². The predicted octanol–water partition coefficient (Wildman–Crippen LogP) is 6.34. The van der Waals surface area contributed by atoms with E-state index in [9.17, 15) is 0 Å². The number of pyridine rings is 1. The molecule has 0 amide bonds. The van der Waals surface area contributed by atoms with E-state index in [4.69, 9.17) is 16.6 Å². The molecule has 0 bridgehead atoms. The molecule has 0 N–H and O–H groups in total. The van der Waals surface area contributed by atoms with Crippen molar-refractivity contribution in [2.75, 3.05) is 0 Å². The van der Waals surface area contributed by atoms with Crippen LogP contribution in [0.15, 0.2) is 65.3 Å². The zero-order chi connectivity index (χ0) is 16.7. The van der Waals surface area contributed by atoms with E-state index in [0.29, 0.717) is 5.02 Å². The number of aromatic nitrogens is 3. The topological polar surface area (TPSA) is 30.7 Å². The molecule has 0 aliphatic carbocycles. The molecule has 0 atom stereocenters. The molecular formula is C18H10Br2ClN3. The van der Waals surface area contributed by atoms with E-state index < -0.39 is 0 Å². The summed E-state index contributed by atoms with van der Waals surface area (Å²) in [6, 6.07) is 17.7. The molecule has 0 saturated heterocycles. The maximum atomic E-state index is 6.22. The highest BCUT2D eigenvalue weighted by atomic mass is 79.9. The fraction of sp³-hybridized carbons (Fsp3) is 0. The number of hydrogen-bond donors (Lipinski definition) is 0. The smallest absolute Gasteiger partial charge is 0.151 e. The molecular weight excluding hydrogens is 453 g/mol. The lowest BCUT2D eigenvalue weighted by molar-refractivity contribution is 1.28. The SMILES string of the molecule is Clc1cccnc1-c1ccc(-c2nc3c(Br)cccc3n2Br)cc1. The zero-order valence-electron chi connectivity index (χ0n) is 12.2. The summed E-state index contributed by atoms with van der Waals surface area (Å²) in [5.74, 6) is 0.843. The standard InChI is InChI=1S/C18H10Br2ClN3/c19-13-3-1-5-15-17(13)23-18(24(15)20)12-8-6-11(7-9-12)16-14(21)4-2-10-22-16/h1-10H. The first-order valence-electron chi connectivity index (χ1n) is 7.19. The van der Waals surface area contributed by atoms with Crippen molar-refractivity contribution in [2.24, 2.45) is 0 Å². The average molecular weight is 464 g/mol. The Bertz CT molecular complexity index is 1040. The molecule has 2 aromatic carbocycles. The Hall–Kier alpha value is -1.69. The number of rotatable bonds is 2. The largest absolute Gasteiger partial charge is 0.258 e. The lowest BCUT2D eigenvalue weighted by Gasteiger charge is -2.05. The highest BCUT2D eigenvalue weighted by Crippen LogP contribution is 2.32. The van der Waals surface area contributed by atoms with Gasteiger partial charge in [-0.3, -0.25) is 8.58 Å². The molecule has 2 aromatic heterocycles. The lowest BCUT2D eigenvalue weighted by atomic mass is 10.1. The van der Waals surface area contributed by atoms with Crippen LogP contribution in [0.2, 0.25) is 5.02 Å². The first-order valence-corrected chi connectivity index (χ1v) is 9.07. The number of nitrogens with zero attached hydrogens (tertiary/aromatic N) is 3. The van der Waals surface area contributed by atoms with Gasteiger partial charge in [0.25, 0.3) is 0 Å². The Kier molecular flexibility index (Phi) is 4.16. The van der Waals surface area contributed by atoms with Gasteiger partial charge in [0, 0.05) is 21.8 Å². The summed E-state index contributed by atoms with van der Waals surface area (Å²) < 4.78 is 2.88. The van der Waals surface area contributed by atoms with E-state index in [2.05, 4.69) is 37.1 Å². The molecule has 0 unspecified atom stereocenters. The number of fused-ring (bicyclic) bond motifs is 1. The molecule has 4 rings (SSSR count). The minimum absolute atomic E-state index is 0.641. The highest BCUT2D eigenvalue weighted by molar-refractivity contribution is 9.10. The Morgan fingerprint density at radius 1 is 0.917 bits per heavy atom. The molecule has 6 heteroatoms. The van der Waals surface area contributed by atoms with Crippen molar-refractivity contribution in [1.29, 1.82) is 0 Å². The van der Waals surface area contributed by atoms with Crippen molar-refractivity contribution >= 4 is 54.7 Å². The quantitative estimate of drug-likeness (QED) is 0.347. The van der Waals surface area contributed by atoms with E-state index >= 15 is 0 Å². The minimum atomic E-state index is 0.641. The van der Waals surface area contributed by atoms with Gasteiger partial charge in [-0.05, 0) is 40.2 Å². The number of imidazole rings is 1. The molecule has 0 radical (unpaired) electrons.